The van der Waals surface area contributed by atoms with Gasteiger partial charge in [-0.3, -0.25) is 9.59 Å². The molecule has 2 N–H and O–H groups in total. The van der Waals surface area contributed by atoms with Crippen LogP contribution in [-0.2, 0) is 15.0 Å². The van der Waals surface area contributed by atoms with Gasteiger partial charge in [0.1, 0.15) is 0 Å². The second kappa shape index (κ2) is 6.94. The molecule has 3 aromatic rings. The quantitative estimate of drug-likeness (QED) is 0.650. The lowest BCUT2D eigenvalue weighted by molar-refractivity contribution is -0.124. The van der Waals surface area contributed by atoms with E-state index in [1.807, 2.05) is 36.4 Å². The summed E-state index contributed by atoms with van der Waals surface area (Å²) in [4.78, 5) is 28.8. The maximum atomic E-state index is 13.1. The highest BCUT2D eigenvalue weighted by Gasteiger charge is 2.46. The Kier molecular flexibility index (Phi) is 4.61. The highest BCUT2D eigenvalue weighted by Crippen LogP contribution is 2.45. The number of halogens is 1. The van der Waals surface area contributed by atoms with Crippen LogP contribution in [0.2, 0.25) is 5.02 Å². The summed E-state index contributed by atoms with van der Waals surface area (Å²) in [6.45, 7) is 1.47. The molecule has 0 saturated heterocycles. The number of carbonyl (C=O) groups is 2. The molecule has 0 unspecified atom stereocenters. The number of amides is 2. The predicted molar refractivity (Wildman–Crippen MR) is 110 cm³/mol. The number of fused-ring (bicyclic) bond motifs is 1. The summed E-state index contributed by atoms with van der Waals surface area (Å²) in [5.41, 5.74) is 1.91. The first kappa shape index (κ1) is 17.9. The number of aromatic nitrogens is 1. The Morgan fingerprint density at radius 1 is 1.15 bits per heavy atom. The van der Waals surface area contributed by atoms with Crippen LogP contribution in [-0.4, -0.2) is 16.8 Å². The molecule has 1 aliphatic carbocycles. The van der Waals surface area contributed by atoms with Crippen molar-refractivity contribution in [1.82, 2.24) is 4.98 Å². The maximum absolute atomic E-state index is 13.1. The highest BCUT2D eigenvalue weighted by atomic mass is 35.5. The SMILES string of the molecule is CC(=O)Nc1ccc2nc(NC(=O)C3(c4cccc(Cl)c4)CCC3)sc2c1. The van der Waals surface area contributed by atoms with Gasteiger partial charge >= 0.3 is 0 Å². The molecule has 2 amide bonds. The first-order chi connectivity index (χ1) is 13.0. The van der Waals surface area contributed by atoms with Crippen molar-refractivity contribution in [2.75, 3.05) is 10.6 Å². The maximum Gasteiger partial charge on any atom is 0.236 e. The third kappa shape index (κ3) is 3.42. The molecule has 4 rings (SSSR count). The molecule has 0 spiro atoms. The molecular formula is C20H18ClN3O2S. The molecule has 1 heterocycles. The van der Waals surface area contributed by atoms with Gasteiger partial charge in [0.15, 0.2) is 5.13 Å². The second-order valence-electron chi connectivity index (χ2n) is 6.78. The number of thiazole rings is 1. The zero-order valence-electron chi connectivity index (χ0n) is 14.7. The van der Waals surface area contributed by atoms with Crippen LogP contribution in [0.15, 0.2) is 42.5 Å². The van der Waals surface area contributed by atoms with E-state index in [0.29, 0.717) is 15.8 Å². The number of anilines is 2. The first-order valence-corrected chi connectivity index (χ1v) is 9.91. The number of carbonyl (C=O) groups excluding carboxylic acids is 2. The van der Waals surface area contributed by atoms with E-state index >= 15 is 0 Å². The molecule has 5 nitrogen and oxygen atoms in total. The minimum Gasteiger partial charge on any atom is -0.326 e. The van der Waals surface area contributed by atoms with Crippen LogP contribution in [0, 0.1) is 0 Å². The molecule has 0 atom stereocenters. The number of rotatable bonds is 4. The molecule has 0 radical (unpaired) electrons. The molecule has 7 heteroatoms. The van der Waals surface area contributed by atoms with Crippen molar-refractivity contribution in [3.8, 4) is 0 Å². The molecule has 138 valence electrons. The molecule has 1 fully saturated rings. The zero-order valence-corrected chi connectivity index (χ0v) is 16.3. The Labute approximate surface area is 165 Å². The summed E-state index contributed by atoms with van der Waals surface area (Å²) in [6, 6.07) is 13.0. The lowest BCUT2D eigenvalue weighted by Gasteiger charge is -2.40. The Morgan fingerprint density at radius 3 is 2.63 bits per heavy atom. The van der Waals surface area contributed by atoms with Gasteiger partial charge < -0.3 is 10.6 Å². The molecule has 0 aliphatic heterocycles. The fourth-order valence-corrected chi connectivity index (χ4v) is 4.53. The van der Waals surface area contributed by atoms with Crippen LogP contribution in [0.4, 0.5) is 10.8 Å². The summed E-state index contributed by atoms with van der Waals surface area (Å²) in [7, 11) is 0. The molecule has 1 aromatic heterocycles. The van der Waals surface area contributed by atoms with Crippen molar-refractivity contribution in [3.05, 3.63) is 53.1 Å². The Bertz CT molecular complexity index is 1040. The monoisotopic (exact) mass is 399 g/mol. The molecule has 27 heavy (non-hydrogen) atoms. The van der Waals surface area contributed by atoms with Gasteiger partial charge in [0.25, 0.3) is 0 Å². The third-order valence-corrected chi connectivity index (χ3v) is 6.12. The second-order valence-corrected chi connectivity index (χ2v) is 8.25. The van der Waals surface area contributed by atoms with E-state index in [0.717, 1.165) is 35.0 Å². The van der Waals surface area contributed by atoms with Gasteiger partial charge in [0.05, 0.1) is 15.6 Å². The number of benzene rings is 2. The van der Waals surface area contributed by atoms with Crippen LogP contribution in [0.5, 0.6) is 0 Å². The molecule has 1 aliphatic rings. The van der Waals surface area contributed by atoms with E-state index in [9.17, 15) is 9.59 Å². The topological polar surface area (TPSA) is 71.1 Å². The van der Waals surface area contributed by atoms with Crippen molar-refractivity contribution in [2.45, 2.75) is 31.6 Å². The number of hydrogen-bond acceptors (Lipinski definition) is 4. The van der Waals surface area contributed by atoms with Crippen LogP contribution >= 0.6 is 22.9 Å². The van der Waals surface area contributed by atoms with Crippen LogP contribution in [0.1, 0.15) is 31.7 Å². The van der Waals surface area contributed by atoms with E-state index in [-0.39, 0.29) is 11.8 Å². The van der Waals surface area contributed by atoms with Gasteiger partial charge in [0.2, 0.25) is 11.8 Å². The average molecular weight is 400 g/mol. The van der Waals surface area contributed by atoms with Crippen molar-refractivity contribution in [3.63, 3.8) is 0 Å². The lowest BCUT2D eigenvalue weighted by Crippen LogP contribution is -2.46. The van der Waals surface area contributed by atoms with Crippen molar-refractivity contribution in [1.29, 1.82) is 0 Å². The summed E-state index contributed by atoms with van der Waals surface area (Å²) in [5.74, 6) is -0.169. The Hall–Kier alpha value is -2.44. The van der Waals surface area contributed by atoms with Gasteiger partial charge in [-0.05, 0) is 48.7 Å². The standard InChI is InChI=1S/C20H18ClN3O2S/c1-12(25)22-15-6-7-16-17(11-15)27-19(23-16)24-18(26)20(8-3-9-20)13-4-2-5-14(21)10-13/h2,4-7,10-11H,3,8-9H2,1H3,(H,22,25)(H,23,24,26). The minimum absolute atomic E-state index is 0.0443. The third-order valence-electron chi connectivity index (χ3n) is 4.95. The van der Waals surface area contributed by atoms with Crippen LogP contribution in [0.3, 0.4) is 0 Å². The number of hydrogen-bond donors (Lipinski definition) is 2. The molecular weight excluding hydrogens is 382 g/mol. The Morgan fingerprint density at radius 2 is 1.96 bits per heavy atom. The average Bonchev–Trinajstić information content (AvgIpc) is 2.94. The van der Waals surface area contributed by atoms with Crippen LogP contribution < -0.4 is 10.6 Å². The Balaban J connectivity index is 1.59. The van der Waals surface area contributed by atoms with E-state index in [1.54, 1.807) is 6.07 Å². The molecule has 1 saturated carbocycles. The van der Waals surface area contributed by atoms with Gasteiger partial charge in [-0.25, -0.2) is 4.98 Å². The van der Waals surface area contributed by atoms with E-state index in [4.69, 9.17) is 11.6 Å². The number of nitrogens with one attached hydrogen (secondary N) is 2. The summed E-state index contributed by atoms with van der Waals surface area (Å²) in [6.07, 6.45) is 2.62. The molecule has 0 bridgehead atoms. The first-order valence-electron chi connectivity index (χ1n) is 8.72. The highest BCUT2D eigenvalue weighted by molar-refractivity contribution is 7.22. The summed E-state index contributed by atoms with van der Waals surface area (Å²) >= 11 is 7.52. The summed E-state index contributed by atoms with van der Waals surface area (Å²) < 4.78 is 0.905. The van der Waals surface area contributed by atoms with Gasteiger partial charge in [-0.15, -0.1) is 0 Å². The smallest absolute Gasteiger partial charge is 0.236 e. The van der Waals surface area contributed by atoms with Crippen LogP contribution in [0.25, 0.3) is 10.2 Å². The van der Waals surface area contributed by atoms with E-state index in [1.165, 1.54) is 18.3 Å². The fourth-order valence-electron chi connectivity index (χ4n) is 3.44. The zero-order chi connectivity index (χ0) is 19.0. The van der Waals surface area contributed by atoms with E-state index in [2.05, 4.69) is 15.6 Å². The van der Waals surface area contributed by atoms with E-state index < -0.39 is 5.41 Å². The lowest BCUT2D eigenvalue weighted by atomic mass is 9.64. The fraction of sp³-hybridized carbons (Fsp3) is 0.250. The van der Waals surface area contributed by atoms with Crippen molar-refractivity contribution < 1.29 is 9.59 Å². The van der Waals surface area contributed by atoms with Gasteiger partial charge in [-0.2, -0.15) is 0 Å². The predicted octanol–water partition coefficient (Wildman–Crippen LogP) is 4.97. The van der Waals surface area contributed by atoms with Crippen molar-refractivity contribution in [2.24, 2.45) is 0 Å². The van der Waals surface area contributed by atoms with Gasteiger partial charge in [0, 0.05) is 17.6 Å². The largest absolute Gasteiger partial charge is 0.326 e. The number of nitrogens with zero attached hydrogens (tertiary/aromatic N) is 1. The van der Waals surface area contributed by atoms with Gasteiger partial charge in [-0.1, -0.05) is 41.5 Å². The minimum atomic E-state index is -0.538. The molecule has 2 aromatic carbocycles. The van der Waals surface area contributed by atoms with Crippen molar-refractivity contribution >= 4 is 55.8 Å². The normalized spacial score (nSPS) is 15.2. The summed E-state index contributed by atoms with van der Waals surface area (Å²) in [5, 5.41) is 6.94.